The highest BCUT2D eigenvalue weighted by Gasteiger charge is 2.15. The van der Waals surface area contributed by atoms with Gasteiger partial charge in [-0.1, -0.05) is 41.9 Å². The van der Waals surface area contributed by atoms with Crippen LogP contribution in [0.1, 0.15) is 10.4 Å². The normalized spacial score (nSPS) is 10.6. The Kier molecular flexibility index (Phi) is 5.56. The number of carbonyl (C=O) groups is 1. The maximum atomic E-state index is 14.1. The third-order valence-electron chi connectivity index (χ3n) is 3.66. The fourth-order valence-corrected chi connectivity index (χ4v) is 2.96. The molecule has 0 fully saturated rings. The van der Waals surface area contributed by atoms with E-state index in [1.54, 1.807) is 30.3 Å². The molecule has 0 atom stereocenters. The Bertz CT molecular complexity index is 967. The summed E-state index contributed by atoms with van der Waals surface area (Å²) < 4.78 is 37.3. The van der Waals surface area contributed by atoms with Crippen LogP contribution in [0.3, 0.4) is 0 Å². The van der Waals surface area contributed by atoms with Gasteiger partial charge in [-0.15, -0.1) is 0 Å². The van der Waals surface area contributed by atoms with E-state index in [0.29, 0.717) is 27.5 Å². The highest BCUT2D eigenvalue weighted by molar-refractivity contribution is 7.93. The first-order valence-electron chi connectivity index (χ1n) is 7.46. The number of anilines is 1. The first-order chi connectivity index (χ1) is 12.5. The van der Waals surface area contributed by atoms with Crippen molar-refractivity contribution in [2.24, 2.45) is 0 Å². The predicted octanol–water partition coefficient (Wildman–Crippen LogP) is 6.10. The molecule has 1 amide bonds. The summed E-state index contributed by atoms with van der Waals surface area (Å²) in [5, 5.41) is 2.83. The fourth-order valence-electron chi connectivity index (χ4n) is 2.41. The average molecular weight is 392 g/mol. The fraction of sp³-hybridized carbons (Fsp3) is 0. The summed E-state index contributed by atoms with van der Waals surface area (Å²) in [6, 6.07) is 15.1. The lowest BCUT2D eigenvalue weighted by molar-refractivity contribution is 0.102. The van der Waals surface area contributed by atoms with E-state index in [1.807, 2.05) is 0 Å². The summed E-state index contributed by atoms with van der Waals surface area (Å²) in [4.78, 5) is 12.7. The van der Waals surface area contributed by atoms with Gasteiger partial charge < -0.3 is 9.87 Å². The molecule has 0 saturated carbocycles. The maximum Gasteiger partial charge on any atom is 0.255 e. The summed E-state index contributed by atoms with van der Waals surface area (Å²) in [5.41, 5.74) is 0.868. The Morgan fingerprint density at radius 3 is 2.46 bits per heavy atom. The van der Waals surface area contributed by atoms with Crippen molar-refractivity contribution in [3.05, 3.63) is 82.9 Å². The summed E-state index contributed by atoms with van der Waals surface area (Å²) >= 11 is 6.30. The summed E-state index contributed by atoms with van der Waals surface area (Å²) in [5.74, 6) is -2.59. The Morgan fingerprint density at radius 1 is 1.04 bits per heavy atom. The molecule has 7 heteroatoms. The van der Waals surface area contributed by atoms with E-state index < -0.39 is 17.5 Å². The van der Waals surface area contributed by atoms with Crippen molar-refractivity contribution in [2.75, 3.05) is 5.32 Å². The molecule has 0 bridgehead atoms. The minimum Gasteiger partial charge on any atom is -0.325 e. The topological polar surface area (TPSA) is 49.3 Å². The van der Waals surface area contributed by atoms with Crippen LogP contribution < -0.4 is 5.32 Å². The van der Waals surface area contributed by atoms with Crippen molar-refractivity contribution in [1.29, 1.82) is 0 Å². The number of carbonyl (C=O) groups excluding carboxylic acids is 1. The Morgan fingerprint density at radius 2 is 1.77 bits per heavy atom. The number of rotatable bonds is 4. The van der Waals surface area contributed by atoms with Crippen LogP contribution in [-0.2, 0) is 0 Å². The van der Waals surface area contributed by atoms with Crippen LogP contribution in [0, 0.1) is 11.6 Å². The van der Waals surface area contributed by atoms with Gasteiger partial charge in [0.15, 0.2) is 11.6 Å². The van der Waals surface area contributed by atoms with Crippen LogP contribution >= 0.6 is 23.6 Å². The second-order valence-corrected chi connectivity index (χ2v) is 6.41. The van der Waals surface area contributed by atoms with E-state index in [2.05, 4.69) is 5.32 Å². The van der Waals surface area contributed by atoms with Gasteiger partial charge in [-0.05, 0) is 29.8 Å². The van der Waals surface area contributed by atoms with Crippen LogP contribution in [0.4, 0.5) is 14.5 Å². The molecule has 0 unspecified atom stereocenters. The highest BCUT2D eigenvalue weighted by atomic mass is 35.5. The molecule has 2 N–H and O–H groups in total. The average Bonchev–Trinajstić information content (AvgIpc) is 2.65. The first kappa shape index (κ1) is 18.4. The number of amides is 1. The Balaban J connectivity index is 1.93. The van der Waals surface area contributed by atoms with Crippen LogP contribution in [0.5, 0.6) is 0 Å². The van der Waals surface area contributed by atoms with Crippen molar-refractivity contribution < 1.29 is 18.1 Å². The quantitative estimate of drug-likeness (QED) is 0.528. The van der Waals surface area contributed by atoms with Gasteiger partial charge in [0.25, 0.3) is 5.91 Å². The highest BCUT2D eigenvalue weighted by Crippen LogP contribution is 2.29. The van der Waals surface area contributed by atoms with Crippen molar-refractivity contribution >= 4 is 35.2 Å². The Labute approximate surface area is 157 Å². The van der Waals surface area contributed by atoms with E-state index in [1.165, 1.54) is 24.3 Å². The van der Waals surface area contributed by atoms with Crippen molar-refractivity contribution in [3.63, 3.8) is 0 Å². The molecular weight excluding hydrogens is 380 g/mol. The third-order valence-corrected chi connectivity index (χ3v) is 4.64. The van der Waals surface area contributed by atoms with Crippen LogP contribution in [0.2, 0.25) is 5.02 Å². The van der Waals surface area contributed by atoms with Crippen LogP contribution in [0.25, 0.3) is 11.1 Å². The molecule has 3 aromatic carbocycles. The summed E-state index contributed by atoms with van der Waals surface area (Å²) in [6.45, 7) is 0. The lowest BCUT2D eigenvalue weighted by atomic mass is 10.0. The third kappa shape index (κ3) is 3.88. The second-order valence-electron chi connectivity index (χ2n) is 5.38. The zero-order valence-electron chi connectivity index (χ0n) is 13.2. The molecule has 0 aromatic heterocycles. The van der Waals surface area contributed by atoms with Crippen molar-refractivity contribution in [3.8, 4) is 11.1 Å². The number of nitrogens with one attached hydrogen (secondary N) is 1. The van der Waals surface area contributed by atoms with E-state index in [0.717, 1.165) is 6.07 Å². The Hall–Kier alpha value is -2.41. The smallest absolute Gasteiger partial charge is 0.255 e. The molecule has 0 aliphatic rings. The number of hydrogen-bond acceptors (Lipinski definition) is 3. The zero-order valence-corrected chi connectivity index (χ0v) is 14.7. The predicted molar refractivity (Wildman–Crippen MR) is 99.7 cm³/mol. The SMILES string of the molecule is O=C(Nc1cc(F)c(F)c(-c2ccccc2)c1)c1ccc(Cl)c(SO)c1. The number of halogens is 3. The molecule has 3 rings (SSSR count). The molecule has 0 spiro atoms. The van der Waals surface area contributed by atoms with Crippen molar-refractivity contribution in [2.45, 2.75) is 4.90 Å². The minimum atomic E-state index is -1.07. The van der Waals surface area contributed by atoms with Gasteiger partial charge in [0, 0.05) is 34.9 Å². The molecular formula is C19H12ClF2NO2S. The molecule has 0 saturated heterocycles. The van der Waals surface area contributed by atoms with Gasteiger partial charge in [0.1, 0.15) is 0 Å². The van der Waals surface area contributed by atoms with Gasteiger partial charge in [0.2, 0.25) is 0 Å². The monoisotopic (exact) mass is 391 g/mol. The second kappa shape index (κ2) is 7.86. The number of hydrogen-bond donors (Lipinski definition) is 2. The van der Waals surface area contributed by atoms with Crippen LogP contribution in [-0.4, -0.2) is 10.5 Å². The van der Waals surface area contributed by atoms with E-state index >= 15 is 0 Å². The summed E-state index contributed by atoms with van der Waals surface area (Å²) in [6.07, 6.45) is 0. The molecule has 3 nitrogen and oxygen atoms in total. The lowest BCUT2D eigenvalue weighted by Gasteiger charge is -2.11. The first-order valence-corrected chi connectivity index (χ1v) is 8.61. The van der Waals surface area contributed by atoms with E-state index in [4.69, 9.17) is 16.2 Å². The van der Waals surface area contributed by atoms with E-state index in [9.17, 15) is 13.6 Å². The molecule has 26 heavy (non-hydrogen) atoms. The van der Waals surface area contributed by atoms with Crippen LogP contribution in [0.15, 0.2) is 65.6 Å². The minimum absolute atomic E-state index is 0.0450. The number of benzene rings is 3. The molecule has 0 radical (unpaired) electrons. The van der Waals surface area contributed by atoms with E-state index in [-0.39, 0.29) is 16.8 Å². The van der Waals surface area contributed by atoms with Crippen molar-refractivity contribution in [1.82, 2.24) is 0 Å². The molecule has 0 aliphatic carbocycles. The largest absolute Gasteiger partial charge is 0.325 e. The standard InChI is InChI=1S/C19H12ClF2NO2S/c20-15-7-6-12(8-17(15)26-25)19(24)23-13-9-14(18(22)16(21)10-13)11-4-2-1-3-5-11/h1-10,25H,(H,23,24). The summed E-state index contributed by atoms with van der Waals surface area (Å²) in [7, 11) is 0. The molecule has 0 heterocycles. The maximum absolute atomic E-state index is 14.1. The van der Waals surface area contributed by atoms with Gasteiger partial charge in [-0.25, -0.2) is 8.78 Å². The molecule has 0 aliphatic heterocycles. The van der Waals surface area contributed by atoms with Gasteiger partial charge in [0.05, 0.1) is 9.92 Å². The van der Waals surface area contributed by atoms with Gasteiger partial charge in [-0.2, -0.15) is 0 Å². The molecule has 132 valence electrons. The lowest BCUT2D eigenvalue weighted by Crippen LogP contribution is -2.12. The van der Waals surface area contributed by atoms with Gasteiger partial charge >= 0.3 is 0 Å². The molecule has 3 aromatic rings. The van der Waals surface area contributed by atoms with Gasteiger partial charge in [-0.3, -0.25) is 4.79 Å². The zero-order chi connectivity index (χ0) is 18.7.